The Morgan fingerprint density at radius 3 is 1.38 bits per heavy atom. The maximum absolute atomic E-state index is 13.5. The second-order valence-electron chi connectivity index (χ2n) is 23.2. The van der Waals surface area contributed by atoms with Gasteiger partial charge in [-0.25, -0.2) is 53.3 Å². The van der Waals surface area contributed by atoms with Crippen LogP contribution in [0, 0.1) is 12.9 Å². The van der Waals surface area contributed by atoms with Gasteiger partial charge in [-0.15, -0.1) is 5.10 Å². The first-order valence-corrected chi connectivity index (χ1v) is 24.7. The fourth-order valence-electron chi connectivity index (χ4n) is 7.96. The Morgan fingerprint density at radius 2 is 0.877 bits per heavy atom. The predicted octanol–water partition coefficient (Wildman–Crippen LogP) is 11.5. The molecule has 1 fully saturated rings. The van der Waals surface area contributed by atoms with Crippen molar-refractivity contribution in [1.29, 1.82) is 0 Å². The van der Waals surface area contributed by atoms with Crippen LogP contribution in [0.5, 0.6) is 0 Å². The van der Waals surface area contributed by atoms with E-state index in [1.165, 1.54) is 23.8 Å². The van der Waals surface area contributed by atoms with E-state index in [2.05, 4.69) is 145 Å². The van der Waals surface area contributed by atoms with E-state index in [4.69, 9.17) is 23.1 Å². The lowest BCUT2D eigenvalue weighted by Gasteiger charge is -2.19. The lowest BCUT2D eigenvalue weighted by atomic mass is 10.1. The van der Waals surface area contributed by atoms with Crippen LogP contribution in [0.25, 0.3) is 55.2 Å². The molecule has 18 nitrogen and oxygen atoms in total. The number of pyridine rings is 4. The maximum atomic E-state index is 13.5. The number of fused-ring (bicyclic) bond motifs is 5. The van der Waals surface area contributed by atoms with Crippen molar-refractivity contribution in [3.8, 4) is 0 Å². The van der Waals surface area contributed by atoms with Crippen LogP contribution in [-0.4, -0.2) is 78.8 Å². The van der Waals surface area contributed by atoms with E-state index in [-0.39, 0.29) is 27.7 Å². The number of nitrogens with two attached hydrogens (primary N) is 2. The van der Waals surface area contributed by atoms with Crippen molar-refractivity contribution < 1.29 is 4.39 Å². The van der Waals surface area contributed by atoms with Gasteiger partial charge in [0.2, 0.25) is 5.95 Å². The molecule has 0 radical (unpaired) electrons. The zero-order valence-corrected chi connectivity index (χ0v) is 45.8. The van der Waals surface area contributed by atoms with Crippen LogP contribution in [0.15, 0.2) is 80.2 Å². The molecule has 11 rings (SSSR count). The van der Waals surface area contributed by atoms with Crippen LogP contribution in [0.3, 0.4) is 0 Å². The average Bonchev–Trinajstić information content (AvgIpc) is 3.78. The van der Waals surface area contributed by atoms with E-state index in [0.29, 0.717) is 21.7 Å². The van der Waals surface area contributed by atoms with Crippen LogP contribution in [0.4, 0.5) is 15.8 Å². The van der Waals surface area contributed by atoms with Crippen LogP contribution in [0.1, 0.15) is 134 Å². The average molecular weight is 1010 g/mol. The first-order valence-electron chi connectivity index (χ1n) is 24.3. The molecule has 10 aromatic rings. The summed E-state index contributed by atoms with van der Waals surface area (Å²) in [5, 5.41) is 26.4. The summed E-state index contributed by atoms with van der Waals surface area (Å²) in [6, 6.07) is 7.28. The van der Waals surface area contributed by atoms with E-state index in [1.807, 2.05) is 65.0 Å². The molecule has 1 saturated carbocycles. The molecule has 0 saturated heterocycles. The summed E-state index contributed by atoms with van der Waals surface area (Å²) in [5.41, 5.74) is 18.6. The van der Waals surface area contributed by atoms with E-state index >= 15 is 0 Å². The molecule has 10 aromatic heterocycles. The van der Waals surface area contributed by atoms with Crippen molar-refractivity contribution >= 4 is 78.1 Å². The maximum Gasteiger partial charge on any atom is 0.244 e. The summed E-state index contributed by atoms with van der Waals surface area (Å²) in [7, 11) is 0. The molecule has 0 spiro atoms. The third-order valence-corrected chi connectivity index (χ3v) is 12.1. The Balaban J connectivity index is 0.000000134. The number of hydrogen-bond donors (Lipinski definition) is 2. The first kappa shape index (κ1) is 53.6. The Kier molecular flexibility index (Phi) is 14.7. The van der Waals surface area contributed by atoms with Crippen LogP contribution >= 0.6 is 11.6 Å². The zero-order chi connectivity index (χ0) is 53.6. The van der Waals surface area contributed by atoms with Crippen molar-refractivity contribution in [2.45, 2.75) is 157 Å². The molecule has 0 aliphatic heterocycles. The van der Waals surface area contributed by atoms with E-state index in [0.717, 1.165) is 56.0 Å². The molecule has 73 heavy (non-hydrogen) atoms. The summed E-state index contributed by atoms with van der Waals surface area (Å²) in [4.78, 5) is 25.6. The van der Waals surface area contributed by atoms with Gasteiger partial charge in [0.15, 0.2) is 28.2 Å². The number of anilines is 2. The van der Waals surface area contributed by atoms with Gasteiger partial charge in [0.1, 0.15) is 6.33 Å². The van der Waals surface area contributed by atoms with Crippen LogP contribution in [0.2, 0.25) is 5.02 Å². The molecule has 0 unspecified atom stereocenters. The fraction of sp³-hybridized carbons (Fsp3) is 0.453. The van der Waals surface area contributed by atoms with Gasteiger partial charge in [-0.1, -0.05) is 11.6 Å². The SMILES string of the molecule is CC(C)(C)n1nc(F)c2c(N)ccnc21.CC(C)(C)n1ncc2c(C3CC3)ccnc21.CC(C)(C)n1ncc2c(Cl)ccnc21.CC(C)(C)n1ncc2c(N)ccnc21.Cc1ncnc2c1cnn2C(C)(C)C. The molecule has 1 aliphatic rings. The van der Waals surface area contributed by atoms with Crippen molar-refractivity contribution in [2.24, 2.45) is 0 Å². The van der Waals surface area contributed by atoms with Crippen LogP contribution < -0.4 is 11.5 Å². The highest BCUT2D eigenvalue weighted by molar-refractivity contribution is 6.35. The Morgan fingerprint density at radius 1 is 0.479 bits per heavy atom. The van der Waals surface area contributed by atoms with Gasteiger partial charge in [0.05, 0.1) is 84.7 Å². The van der Waals surface area contributed by atoms with Gasteiger partial charge < -0.3 is 11.5 Å². The molecule has 0 amide bonds. The molecular formula is C53H70ClFN18. The van der Waals surface area contributed by atoms with Crippen molar-refractivity contribution in [3.05, 3.63) is 102 Å². The quantitative estimate of drug-likeness (QED) is 0.157. The summed E-state index contributed by atoms with van der Waals surface area (Å²) < 4.78 is 22.8. The molecule has 4 N–H and O–H groups in total. The number of aryl methyl sites for hydroxylation is 1. The lowest BCUT2D eigenvalue weighted by Crippen LogP contribution is -2.23. The van der Waals surface area contributed by atoms with Gasteiger partial charge >= 0.3 is 0 Å². The highest BCUT2D eigenvalue weighted by Gasteiger charge is 2.28. The van der Waals surface area contributed by atoms with Crippen LogP contribution in [-0.2, 0) is 27.7 Å². The topological polar surface area (TPSA) is 218 Å². The highest BCUT2D eigenvalue weighted by atomic mass is 35.5. The smallest absolute Gasteiger partial charge is 0.244 e. The minimum absolute atomic E-state index is 0.00305. The van der Waals surface area contributed by atoms with Gasteiger partial charge in [-0.3, -0.25) is 0 Å². The fourth-order valence-corrected chi connectivity index (χ4v) is 8.15. The third kappa shape index (κ3) is 11.7. The zero-order valence-electron chi connectivity index (χ0n) is 45.1. The molecule has 10 heterocycles. The largest absolute Gasteiger partial charge is 0.398 e. The molecule has 386 valence electrons. The second kappa shape index (κ2) is 20.0. The minimum atomic E-state index is -0.564. The molecule has 20 heteroatoms. The summed E-state index contributed by atoms with van der Waals surface area (Å²) in [6.07, 6.45) is 18.4. The Bertz CT molecular complexity index is 3310. The third-order valence-electron chi connectivity index (χ3n) is 11.7. The van der Waals surface area contributed by atoms with Gasteiger partial charge in [0.25, 0.3) is 0 Å². The number of hydrogen-bond acceptors (Lipinski definition) is 13. The number of rotatable bonds is 1. The minimum Gasteiger partial charge on any atom is -0.398 e. The van der Waals surface area contributed by atoms with E-state index in [9.17, 15) is 4.39 Å². The van der Waals surface area contributed by atoms with Gasteiger partial charge in [-0.05, 0) is 159 Å². The Labute approximate surface area is 430 Å². The molecule has 1 aliphatic carbocycles. The lowest BCUT2D eigenvalue weighted by molar-refractivity contribution is 0.351. The van der Waals surface area contributed by atoms with Crippen molar-refractivity contribution in [3.63, 3.8) is 0 Å². The molecular weight excluding hydrogens is 943 g/mol. The number of halogens is 2. The number of aromatic nitrogens is 16. The van der Waals surface area contributed by atoms with Crippen molar-refractivity contribution in [1.82, 2.24) is 78.8 Å². The summed E-state index contributed by atoms with van der Waals surface area (Å²) in [6.45, 7) is 33.1. The predicted molar refractivity (Wildman–Crippen MR) is 291 cm³/mol. The normalized spacial score (nSPS) is 13.3. The van der Waals surface area contributed by atoms with Crippen molar-refractivity contribution in [2.75, 3.05) is 11.5 Å². The molecule has 0 aromatic carbocycles. The summed E-state index contributed by atoms with van der Waals surface area (Å²) >= 11 is 6.03. The summed E-state index contributed by atoms with van der Waals surface area (Å²) in [5.74, 6) is 0.189. The van der Waals surface area contributed by atoms with E-state index in [1.54, 1.807) is 60.2 Å². The van der Waals surface area contributed by atoms with E-state index < -0.39 is 5.95 Å². The monoisotopic (exact) mass is 1010 g/mol. The molecule has 0 atom stereocenters. The number of nitrogen functional groups attached to an aromatic ring is 2. The van der Waals surface area contributed by atoms with Gasteiger partial charge in [0, 0.05) is 41.5 Å². The highest BCUT2D eigenvalue weighted by Crippen LogP contribution is 2.43. The first-order chi connectivity index (χ1) is 34.0. The standard InChI is InChI=1S/C13H17N3.C10H12ClN3.C10H13FN4.2C10H14N4/c1-13(2,3)16-12-11(8-15-16)10(6-7-14-12)9-4-5-9;1-10(2,3)14-9-7(6-13-14)8(11)4-5-12-9;1-10(2,3)15-9-7(8(11)14-15)6(12)4-5-13-9;1-7-8-5-13-14(10(2,3)4)9(8)12-6-11-7;1-10(2,3)14-9-7(6-13-14)8(11)4-5-12-9/h6-9H,4-5H2,1-3H3;4-6H,1-3H3;4-5H,1-3H3,(H2,12,13);5-6H,1-4H3;4-6H,1-3H3,(H2,11,12). The second-order valence-corrected chi connectivity index (χ2v) is 23.6. The number of nitrogens with zero attached hydrogens (tertiary/aromatic N) is 16. The van der Waals surface area contributed by atoms with Gasteiger partial charge in [-0.2, -0.15) is 24.8 Å². The Hall–Kier alpha value is -7.15. The molecule has 0 bridgehead atoms.